The van der Waals surface area contributed by atoms with Gasteiger partial charge in [0.25, 0.3) is 0 Å². The summed E-state index contributed by atoms with van der Waals surface area (Å²) in [6, 6.07) is 21.3. The molecule has 0 bridgehead atoms. The molecule has 4 nitrogen and oxygen atoms in total. The van der Waals surface area contributed by atoms with E-state index >= 15 is 0 Å². The molecule has 1 heterocycles. The van der Waals surface area contributed by atoms with Crippen LogP contribution in [0.3, 0.4) is 0 Å². The Labute approximate surface area is 142 Å². The molecule has 0 amide bonds. The number of nitrogens with one attached hydrogen (secondary N) is 2. The Morgan fingerprint density at radius 2 is 1.83 bits per heavy atom. The fraction of sp³-hybridized carbons (Fsp3) is 0.200. The number of hydrogen-bond donors (Lipinski definition) is 2. The van der Waals surface area contributed by atoms with Gasteiger partial charge in [-0.15, -0.1) is 0 Å². The van der Waals surface area contributed by atoms with Crippen molar-refractivity contribution in [3.63, 3.8) is 0 Å². The third kappa shape index (κ3) is 2.71. The van der Waals surface area contributed by atoms with Crippen molar-refractivity contribution in [2.75, 3.05) is 17.7 Å². The summed E-state index contributed by atoms with van der Waals surface area (Å²) in [4.78, 5) is 9.49. The molecule has 24 heavy (non-hydrogen) atoms. The molecular weight excluding hydrogens is 296 g/mol. The molecule has 4 rings (SSSR count). The zero-order valence-corrected chi connectivity index (χ0v) is 13.6. The van der Waals surface area contributed by atoms with Crippen molar-refractivity contribution in [2.45, 2.75) is 18.8 Å². The van der Waals surface area contributed by atoms with Gasteiger partial charge in [0.1, 0.15) is 5.82 Å². The topological polar surface area (TPSA) is 49.8 Å². The Bertz CT molecular complexity index is 831. The average Bonchev–Trinajstić information content (AvgIpc) is 3.06. The van der Waals surface area contributed by atoms with Gasteiger partial charge >= 0.3 is 0 Å². The molecule has 1 unspecified atom stereocenters. The third-order valence-electron chi connectivity index (χ3n) is 4.47. The van der Waals surface area contributed by atoms with Crippen LogP contribution in [-0.4, -0.2) is 17.0 Å². The summed E-state index contributed by atoms with van der Waals surface area (Å²) in [7, 11) is 1.92. The van der Waals surface area contributed by atoms with Crippen molar-refractivity contribution < 1.29 is 0 Å². The van der Waals surface area contributed by atoms with E-state index in [2.05, 4.69) is 52.0 Å². The molecule has 1 aliphatic carbocycles. The first-order chi connectivity index (χ1) is 11.8. The Morgan fingerprint density at radius 3 is 2.58 bits per heavy atom. The molecule has 0 aliphatic heterocycles. The summed E-state index contributed by atoms with van der Waals surface area (Å²) in [6.45, 7) is 0. The van der Waals surface area contributed by atoms with Crippen molar-refractivity contribution in [3.05, 3.63) is 77.5 Å². The second-order valence-electron chi connectivity index (χ2n) is 5.93. The largest absolute Gasteiger partial charge is 0.373 e. The molecule has 0 saturated carbocycles. The standard InChI is InChI=1S/C20H19N4/c1-21-19-17-13-12-16(14-8-4-2-5-9-14)18(17)23-20(24-19)22-15-10-6-3-7-11-15/h2,4-11,16H,12-13H2,1H3,(H2,21,22,23,24). The summed E-state index contributed by atoms with van der Waals surface area (Å²) in [5.41, 5.74) is 4.64. The quantitative estimate of drug-likeness (QED) is 0.760. The van der Waals surface area contributed by atoms with Gasteiger partial charge in [-0.3, -0.25) is 0 Å². The first-order valence-corrected chi connectivity index (χ1v) is 8.22. The zero-order chi connectivity index (χ0) is 16.4. The van der Waals surface area contributed by atoms with E-state index in [1.165, 1.54) is 11.1 Å². The van der Waals surface area contributed by atoms with Gasteiger partial charge in [-0.1, -0.05) is 42.5 Å². The van der Waals surface area contributed by atoms with Gasteiger partial charge in [0.15, 0.2) is 0 Å². The predicted octanol–water partition coefficient (Wildman–Crippen LogP) is 4.14. The van der Waals surface area contributed by atoms with Crippen LogP contribution < -0.4 is 10.6 Å². The summed E-state index contributed by atoms with van der Waals surface area (Å²) in [5, 5.41) is 6.53. The van der Waals surface area contributed by atoms with Crippen LogP contribution in [0.1, 0.15) is 29.2 Å². The lowest BCUT2D eigenvalue weighted by molar-refractivity contribution is 0.772. The Kier molecular flexibility index (Phi) is 3.87. The van der Waals surface area contributed by atoms with E-state index in [4.69, 9.17) is 4.98 Å². The van der Waals surface area contributed by atoms with Gasteiger partial charge in [-0.05, 0) is 36.6 Å². The summed E-state index contributed by atoms with van der Waals surface area (Å²) < 4.78 is 0. The maximum absolute atomic E-state index is 4.84. The monoisotopic (exact) mass is 315 g/mol. The molecule has 1 atom stereocenters. The van der Waals surface area contributed by atoms with Crippen LogP contribution in [0, 0.1) is 6.07 Å². The van der Waals surface area contributed by atoms with Crippen LogP contribution in [0.15, 0.2) is 54.6 Å². The Balaban J connectivity index is 1.74. The van der Waals surface area contributed by atoms with Gasteiger partial charge < -0.3 is 10.6 Å². The van der Waals surface area contributed by atoms with Crippen LogP contribution in [0.2, 0.25) is 0 Å². The highest BCUT2D eigenvalue weighted by Gasteiger charge is 2.29. The molecule has 2 aromatic carbocycles. The number of fused-ring (bicyclic) bond motifs is 1. The number of anilines is 3. The Hall–Kier alpha value is -2.88. The number of hydrogen-bond acceptors (Lipinski definition) is 4. The highest BCUT2D eigenvalue weighted by Crippen LogP contribution is 2.40. The van der Waals surface area contributed by atoms with E-state index < -0.39 is 0 Å². The van der Waals surface area contributed by atoms with E-state index in [0.717, 1.165) is 30.0 Å². The van der Waals surface area contributed by atoms with Crippen LogP contribution in [0.25, 0.3) is 0 Å². The highest BCUT2D eigenvalue weighted by molar-refractivity contribution is 5.59. The molecule has 3 aromatic rings. The van der Waals surface area contributed by atoms with E-state index in [0.29, 0.717) is 11.9 Å². The second-order valence-corrected chi connectivity index (χ2v) is 5.93. The van der Waals surface area contributed by atoms with Gasteiger partial charge in [0.05, 0.1) is 5.69 Å². The van der Waals surface area contributed by atoms with Crippen molar-refractivity contribution in [2.24, 2.45) is 0 Å². The van der Waals surface area contributed by atoms with E-state index in [9.17, 15) is 0 Å². The smallest absolute Gasteiger partial charge is 0.229 e. The van der Waals surface area contributed by atoms with Gasteiger partial charge in [0.2, 0.25) is 5.95 Å². The van der Waals surface area contributed by atoms with Crippen molar-refractivity contribution in [1.29, 1.82) is 0 Å². The molecule has 119 valence electrons. The van der Waals surface area contributed by atoms with Gasteiger partial charge in [0, 0.05) is 24.2 Å². The third-order valence-corrected chi connectivity index (χ3v) is 4.47. The second kappa shape index (κ2) is 6.32. The molecule has 1 radical (unpaired) electrons. The van der Waals surface area contributed by atoms with Crippen LogP contribution in [-0.2, 0) is 6.42 Å². The molecule has 0 fully saturated rings. The predicted molar refractivity (Wildman–Crippen MR) is 96.7 cm³/mol. The minimum absolute atomic E-state index is 0.334. The van der Waals surface area contributed by atoms with E-state index in [1.54, 1.807) is 0 Å². The van der Waals surface area contributed by atoms with Gasteiger partial charge in [-0.2, -0.15) is 4.98 Å². The van der Waals surface area contributed by atoms with E-state index in [1.807, 2.05) is 31.3 Å². The lowest BCUT2D eigenvalue weighted by Gasteiger charge is -2.14. The minimum atomic E-state index is 0.334. The van der Waals surface area contributed by atoms with Crippen molar-refractivity contribution in [3.8, 4) is 0 Å². The Morgan fingerprint density at radius 1 is 1.04 bits per heavy atom. The summed E-state index contributed by atoms with van der Waals surface area (Å²) in [5.74, 6) is 1.89. The average molecular weight is 315 g/mol. The lowest BCUT2D eigenvalue weighted by atomic mass is 9.97. The van der Waals surface area contributed by atoms with Crippen molar-refractivity contribution in [1.82, 2.24) is 9.97 Å². The zero-order valence-electron chi connectivity index (χ0n) is 13.6. The molecular formula is C20H19N4. The molecule has 4 heteroatoms. The van der Waals surface area contributed by atoms with Crippen LogP contribution >= 0.6 is 0 Å². The molecule has 0 saturated heterocycles. The van der Waals surface area contributed by atoms with Crippen LogP contribution in [0.5, 0.6) is 0 Å². The number of aromatic nitrogens is 2. The van der Waals surface area contributed by atoms with E-state index in [-0.39, 0.29) is 0 Å². The normalized spacial score (nSPS) is 15.8. The molecule has 0 spiro atoms. The summed E-state index contributed by atoms with van der Waals surface area (Å²) >= 11 is 0. The minimum Gasteiger partial charge on any atom is -0.373 e. The SMILES string of the molecule is CNc1nc(Nc2cc[c]cc2)nc2c1CCC2c1ccccc1. The first kappa shape index (κ1) is 14.7. The number of rotatable bonds is 4. The maximum atomic E-state index is 4.84. The fourth-order valence-electron chi connectivity index (χ4n) is 3.33. The summed E-state index contributed by atoms with van der Waals surface area (Å²) in [6.07, 6.45) is 2.08. The molecule has 2 N–H and O–H groups in total. The number of benzene rings is 2. The molecule has 1 aliphatic rings. The van der Waals surface area contributed by atoms with Crippen molar-refractivity contribution >= 4 is 17.5 Å². The maximum Gasteiger partial charge on any atom is 0.229 e. The highest BCUT2D eigenvalue weighted by atomic mass is 15.1. The first-order valence-electron chi connectivity index (χ1n) is 8.22. The lowest BCUT2D eigenvalue weighted by Crippen LogP contribution is -2.07. The fourth-order valence-corrected chi connectivity index (χ4v) is 3.33. The number of nitrogens with zero attached hydrogens (tertiary/aromatic N) is 2. The van der Waals surface area contributed by atoms with Gasteiger partial charge in [-0.25, -0.2) is 4.98 Å². The molecule has 1 aromatic heterocycles. The van der Waals surface area contributed by atoms with Crippen LogP contribution in [0.4, 0.5) is 17.5 Å².